The molecule has 1 fully saturated rings. The first-order valence-corrected chi connectivity index (χ1v) is 10.2. The average Bonchev–Trinajstić information content (AvgIpc) is 3.25. The van der Waals surface area contributed by atoms with Crippen LogP contribution in [0.5, 0.6) is 5.88 Å². The molecular weight excluding hydrogens is 388 g/mol. The summed E-state index contributed by atoms with van der Waals surface area (Å²) < 4.78 is 7.91. The molecule has 1 aromatic carbocycles. The molecular formula is C22H23ClN4O2. The van der Waals surface area contributed by atoms with Gasteiger partial charge in [0.2, 0.25) is 5.88 Å². The SMILES string of the molecule is O=C(NC1CCC(Oc2ccc(Cl)cn2)CC1)c1ccc(Cn2ccnc2)cc1. The van der Waals surface area contributed by atoms with Gasteiger partial charge in [-0.15, -0.1) is 0 Å². The van der Waals surface area contributed by atoms with Crippen molar-refractivity contribution in [2.45, 2.75) is 44.4 Å². The average molecular weight is 411 g/mol. The van der Waals surface area contributed by atoms with Crippen LogP contribution in [0.2, 0.25) is 5.02 Å². The Kier molecular flexibility index (Phi) is 6.10. The predicted octanol–water partition coefficient (Wildman–Crippen LogP) is 4.10. The summed E-state index contributed by atoms with van der Waals surface area (Å²) in [5.41, 5.74) is 1.82. The van der Waals surface area contributed by atoms with Crippen molar-refractivity contribution in [1.29, 1.82) is 0 Å². The molecule has 0 bridgehead atoms. The minimum absolute atomic E-state index is 0.0251. The van der Waals surface area contributed by atoms with Crippen LogP contribution in [0.15, 0.2) is 61.3 Å². The van der Waals surface area contributed by atoms with E-state index >= 15 is 0 Å². The zero-order valence-corrected chi connectivity index (χ0v) is 16.8. The highest BCUT2D eigenvalue weighted by Crippen LogP contribution is 2.24. The standard InChI is InChI=1S/C22H23ClN4O2/c23-18-5-10-21(25-13-18)29-20-8-6-19(7-9-20)26-22(28)17-3-1-16(2-4-17)14-27-12-11-24-15-27/h1-5,10-13,15,19-20H,6-9,14H2,(H,26,28). The van der Waals surface area contributed by atoms with Crippen molar-refractivity contribution >= 4 is 17.5 Å². The molecule has 6 nitrogen and oxygen atoms in total. The molecule has 150 valence electrons. The molecule has 0 atom stereocenters. The number of imidazole rings is 1. The van der Waals surface area contributed by atoms with Gasteiger partial charge in [0.15, 0.2) is 0 Å². The van der Waals surface area contributed by atoms with Crippen LogP contribution < -0.4 is 10.1 Å². The number of halogens is 1. The molecule has 2 aromatic heterocycles. The van der Waals surface area contributed by atoms with Crippen LogP contribution in [-0.4, -0.2) is 32.6 Å². The lowest BCUT2D eigenvalue weighted by atomic mass is 9.92. The number of carbonyl (C=O) groups excluding carboxylic acids is 1. The zero-order chi connectivity index (χ0) is 20.1. The molecule has 1 saturated carbocycles. The van der Waals surface area contributed by atoms with E-state index in [-0.39, 0.29) is 18.1 Å². The lowest BCUT2D eigenvalue weighted by Crippen LogP contribution is -2.39. The first-order chi connectivity index (χ1) is 14.2. The zero-order valence-electron chi connectivity index (χ0n) is 16.0. The molecule has 29 heavy (non-hydrogen) atoms. The number of aromatic nitrogens is 3. The fraction of sp³-hybridized carbons (Fsp3) is 0.318. The van der Waals surface area contributed by atoms with Gasteiger partial charge in [-0.05, 0) is 49.4 Å². The first-order valence-electron chi connectivity index (χ1n) is 9.79. The van der Waals surface area contributed by atoms with Gasteiger partial charge >= 0.3 is 0 Å². The molecule has 0 aliphatic heterocycles. The molecule has 1 amide bonds. The minimum atomic E-state index is -0.0251. The summed E-state index contributed by atoms with van der Waals surface area (Å²) in [5, 5.41) is 3.75. The smallest absolute Gasteiger partial charge is 0.251 e. The van der Waals surface area contributed by atoms with Crippen molar-refractivity contribution in [1.82, 2.24) is 19.9 Å². The highest BCUT2D eigenvalue weighted by Gasteiger charge is 2.24. The van der Waals surface area contributed by atoms with Crippen LogP contribution in [0.4, 0.5) is 0 Å². The van der Waals surface area contributed by atoms with E-state index in [0.717, 1.165) is 37.8 Å². The van der Waals surface area contributed by atoms with Crippen molar-refractivity contribution in [3.63, 3.8) is 0 Å². The van der Waals surface area contributed by atoms with Gasteiger partial charge in [0, 0.05) is 42.8 Å². The number of benzene rings is 1. The summed E-state index contributed by atoms with van der Waals surface area (Å²) in [6, 6.07) is 11.5. The first kappa shape index (κ1) is 19.5. The van der Waals surface area contributed by atoms with Gasteiger partial charge in [-0.1, -0.05) is 23.7 Å². The van der Waals surface area contributed by atoms with Crippen LogP contribution >= 0.6 is 11.6 Å². The lowest BCUT2D eigenvalue weighted by Gasteiger charge is -2.29. The van der Waals surface area contributed by atoms with Crippen molar-refractivity contribution in [3.8, 4) is 5.88 Å². The highest BCUT2D eigenvalue weighted by atomic mass is 35.5. The molecule has 1 aliphatic carbocycles. The van der Waals surface area contributed by atoms with E-state index in [0.29, 0.717) is 16.5 Å². The van der Waals surface area contributed by atoms with Gasteiger partial charge in [-0.25, -0.2) is 9.97 Å². The molecule has 0 spiro atoms. The van der Waals surface area contributed by atoms with Gasteiger partial charge in [0.05, 0.1) is 11.3 Å². The van der Waals surface area contributed by atoms with Gasteiger partial charge in [0.25, 0.3) is 5.91 Å². The molecule has 0 radical (unpaired) electrons. The second-order valence-corrected chi connectivity index (χ2v) is 7.75. The second kappa shape index (κ2) is 9.09. The van der Waals surface area contributed by atoms with Crippen molar-refractivity contribution in [2.24, 2.45) is 0 Å². The van der Waals surface area contributed by atoms with Crippen LogP contribution in [0.25, 0.3) is 0 Å². The number of ether oxygens (including phenoxy) is 1. The Morgan fingerprint density at radius 1 is 1.14 bits per heavy atom. The van der Waals surface area contributed by atoms with Crippen LogP contribution in [-0.2, 0) is 6.54 Å². The molecule has 0 unspecified atom stereocenters. The van der Waals surface area contributed by atoms with E-state index in [1.165, 1.54) is 0 Å². The predicted molar refractivity (Wildman–Crippen MR) is 111 cm³/mol. The maximum atomic E-state index is 12.6. The van der Waals surface area contributed by atoms with E-state index in [4.69, 9.17) is 16.3 Å². The lowest BCUT2D eigenvalue weighted by molar-refractivity contribution is 0.0890. The number of nitrogens with one attached hydrogen (secondary N) is 1. The maximum absolute atomic E-state index is 12.6. The van der Waals surface area contributed by atoms with Crippen LogP contribution in [0.3, 0.4) is 0 Å². The van der Waals surface area contributed by atoms with E-state index in [1.54, 1.807) is 30.9 Å². The van der Waals surface area contributed by atoms with Crippen LogP contribution in [0.1, 0.15) is 41.6 Å². The van der Waals surface area contributed by atoms with E-state index < -0.39 is 0 Å². The Balaban J connectivity index is 1.24. The normalized spacial score (nSPS) is 18.9. The van der Waals surface area contributed by atoms with Gasteiger partial charge in [-0.3, -0.25) is 4.79 Å². The Hall–Kier alpha value is -2.86. The molecule has 7 heteroatoms. The topological polar surface area (TPSA) is 69.0 Å². The Labute approximate surface area is 174 Å². The number of amides is 1. The quantitative estimate of drug-likeness (QED) is 0.664. The van der Waals surface area contributed by atoms with Gasteiger partial charge in [-0.2, -0.15) is 0 Å². The fourth-order valence-electron chi connectivity index (χ4n) is 3.55. The highest BCUT2D eigenvalue weighted by molar-refractivity contribution is 6.30. The monoisotopic (exact) mass is 410 g/mol. The molecule has 1 N–H and O–H groups in total. The van der Waals surface area contributed by atoms with E-state index in [9.17, 15) is 4.79 Å². The third kappa shape index (κ3) is 5.35. The Morgan fingerprint density at radius 2 is 1.93 bits per heavy atom. The maximum Gasteiger partial charge on any atom is 0.251 e. The molecule has 2 heterocycles. The van der Waals surface area contributed by atoms with Gasteiger partial charge < -0.3 is 14.6 Å². The number of hydrogen-bond acceptors (Lipinski definition) is 4. The largest absolute Gasteiger partial charge is 0.474 e. The third-order valence-corrected chi connectivity index (χ3v) is 5.36. The summed E-state index contributed by atoms with van der Waals surface area (Å²) >= 11 is 5.85. The van der Waals surface area contributed by atoms with Gasteiger partial charge in [0.1, 0.15) is 6.10 Å². The van der Waals surface area contributed by atoms with E-state index in [1.807, 2.05) is 35.0 Å². The number of pyridine rings is 1. The molecule has 1 aliphatic rings. The third-order valence-electron chi connectivity index (χ3n) is 5.14. The fourth-order valence-corrected chi connectivity index (χ4v) is 3.66. The summed E-state index contributed by atoms with van der Waals surface area (Å²) in [4.78, 5) is 20.8. The van der Waals surface area contributed by atoms with Crippen molar-refractivity contribution in [2.75, 3.05) is 0 Å². The molecule has 4 rings (SSSR count). The van der Waals surface area contributed by atoms with E-state index in [2.05, 4.69) is 15.3 Å². The summed E-state index contributed by atoms with van der Waals surface area (Å²) in [7, 11) is 0. The van der Waals surface area contributed by atoms with Crippen molar-refractivity contribution < 1.29 is 9.53 Å². The summed E-state index contributed by atoms with van der Waals surface area (Å²) in [5.74, 6) is 0.570. The number of carbonyl (C=O) groups is 1. The number of rotatable bonds is 6. The van der Waals surface area contributed by atoms with Crippen LogP contribution in [0, 0.1) is 0 Å². The number of nitrogens with zero attached hydrogens (tertiary/aromatic N) is 3. The summed E-state index contributed by atoms with van der Waals surface area (Å²) in [6.45, 7) is 0.744. The Morgan fingerprint density at radius 3 is 2.59 bits per heavy atom. The number of hydrogen-bond donors (Lipinski definition) is 1. The Bertz CT molecular complexity index is 918. The summed E-state index contributed by atoms with van der Waals surface area (Å²) in [6.07, 6.45) is 10.7. The molecule has 0 saturated heterocycles. The van der Waals surface area contributed by atoms with Crippen molar-refractivity contribution in [3.05, 3.63) is 77.5 Å². The minimum Gasteiger partial charge on any atom is -0.474 e. The molecule has 3 aromatic rings. The second-order valence-electron chi connectivity index (χ2n) is 7.31.